The summed E-state index contributed by atoms with van der Waals surface area (Å²) >= 11 is 0. The Morgan fingerprint density at radius 3 is 2.76 bits per heavy atom. The Balaban J connectivity index is 1.92. The summed E-state index contributed by atoms with van der Waals surface area (Å²) in [5.41, 5.74) is 1.29. The van der Waals surface area contributed by atoms with E-state index < -0.39 is 11.7 Å². The Labute approximate surface area is 168 Å². The van der Waals surface area contributed by atoms with Crippen LogP contribution in [0.4, 0.5) is 18.9 Å². The predicted octanol–water partition coefficient (Wildman–Crippen LogP) is 5.44. The minimum Gasteiger partial charge on any atom is -0.495 e. The number of benzene rings is 1. The van der Waals surface area contributed by atoms with Crippen molar-refractivity contribution in [3.63, 3.8) is 0 Å². The summed E-state index contributed by atoms with van der Waals surface area (Å²) in [6.07, 6.45) is 3.31. The molecule has 1 aliphatic carbocycles. The van der Waals surface area contributed by atoms with Crippen molar-refractivity contribution in [2.45, 2.75) is 38.4 Å². The molecule has 7 heteroatoms. The summed E-state index contributed by atoms with van der Waals surface area (Å²) in [6, 6.07) is 7.53. The van der Waals surface area contributed by atoms with Gasteiger partial charge in [0.2, 0.25) is 0 Å². The van der Waals surface area contributed by atoms with E-state index in [0.29, 0.717) is 24.4 Å². The maximum atomic E-state index is 13.4. The molecule has 29 heavy (non-hydrogen) atoms. The van der Waals surface area contributed by atoms with Crippen molar-refractivity contribution in [3.05, 3.63) is 59.4 Å². The molecule has 0 saturated heterocycles. The summed E-state index contributed by atoms with van der Waals surface area (Å²) in [6.45, 7) is 2.49. The number of hydrogen-bond donors (Lipinski definition) is 0. The molecule has 152 valence electrons. The number of anilines is 1. The van der Waals surface area contributed by atoms with Gasteiger partial charge in [-0.2, -0.15) is 18.4 Å². The highest BCUT2D eigenvalue weighted by Gasteiger charge is 2.35. The Morgan fingerprint density at radius 1 is 1.31 bits per heavy atom. The van der Waals surface area contributed by atoms with Gasteiger partial charge in [0.25, 0.3) is 0 Å². The molecule has 1 heterocycles. The fourth-order valence-corrected chi connectivity index (χ4v) is 3.88. The van der Waals surface area contributed by atoms with E-state index in [2.05, 4.69) is 11.1 Å². The third-order valence-corrected chi connectivity index (χ3v) is 5.24. The van der Waals surface area contributed by atoms with Crippen LogP contribution in [-0.2, 0) is 6.18 Å². The van der Waals surface area contributed by atoms with E-state index in [1.54, 1.807) is 31.6 Å². The van der Waals surface area contributed by atoms with Gasteiger partial charge in [-0.15, -0.1) is 0 Å². The lowest BCUT2D eigenvalue weighted by atomic mass is 9.89. The van der Waals surface area contributed by atoms with Crippen LogP contribution < -0.4 is 9.64 Å². The molecule has 0 amide bonds. The summed E-state index contributed by atoms with van der Waals surface area (Å²) in [5.74, 6) is 0.681. The quantitative estimate of drug-likeness (QED) is 0.669. The monoisotopic (exact) mass is 401 g/mol. The summed E-state index contributed by atoms with van der Waals surface area (Å²) in [5, 5.41) is 9.04. The average molecular weight is 401 g/mol. The standard InChI is InChI=1S/C22H22F3N3O/c1-3-28(18-8-7-16(13-26)20(12-18)22(23,24)25)17-6-4-5-15(11-17)19-9-10-27-14-21(19)29-2/h5,7-10,12,14,17H,3-4,6,11H2,1-2H3. The first-order valence-electron chi connectivity index (χ1n) is 9.44. The molecule has 0 aliphatic heterocycles. The predicted molar refractivity (Wildman–Crippen MR) is 106 cm³/mol. The fourth-order valence-electron chi connectivity index (χ4n) is 3.88. The topological polar surface area (TPSA) is 49.2 Å². The number of allylic oxidation sites excluding steroid dienone is 1. The highest BCUT2D eigenvalue weighted by Crippen LogP contribution is 2.38. The van der Waals surface area contributed by atoms with Crippen LogP contribution in [0.25, 0.3) is 5.57 Å². The zero-order chi connectivity index (χ0) is 21.0. The number of pyridine rings is 1. The number of nitrogens with zero attached hydrogens (tertiary/aromatic N) is 3. The maximum absolute atomic E-state index is 13.4. The van der Waals surface area contributed by atoms with Crippen molar-refractivity contribution >= 4 is 11.3 Å². The lowest BCUT2D eigenvalue weighted by Gasteiger charge is -2.36. The van der Waals surface area contributed by atoms with E-state index >= 15 is 0 Å². The van der Waals surface area contributed by atoms with Crippen molar-refractivity contribution in [2.75, 3.05) is 18.6 Å². The van der Waals surface area contributed by atoms with Crippen LogP contribution >= 0.6 is 0 Å². The summed E-state index contributed by atoms with van der Waals surface area (Å²) in [7, 11) is 1.59. The largest absolute Gasteiger partial charge is 0.495 e. The molecular formula is C22H22F3N3O. The second kappa shape index (κ2) is 8.56. The van der Waals surface area contributed by atoms with Crippen molar-refractivity contribution in [1.29, 1.82) is 5.26 Å². The van der Waals surface area contributed by atoms with Crippen molar-refractivity contribution in [3.8, 4) is 11.8 Å². The Bertz CT molecular complexity index is 947. The second-order valence-electron chi connectivity index (χ2n) is 6.87. The first kappa shape index (κ1) is 20.7. The molecule has 1 unspecified atom stereocenters. The van der Waals surface area contributed by atoms with Gasteiger partial charge in [0.05, 0.1) is 30.5 Å². The number of nitriles is 1. The molecule has 0 saturated carbocycles. The number of methoxy groups -OCH3 is 1. The number of aromatic nitrogens is 1. The molecule has 4 nitrogen and oxygen atoms in total. The summed E-state index contributed by atoms with van der Waals surface area (Å²) in [4.78, 5) is 6.07. The van der Waals surface area contributed by atoms with Crippen molar-refractivity contribution in [1.82, 2.24) is 4.98 Å². The molecule has 0 spiro atoms. The van der Waals surface area contributed by atoms with Gasteiger partial charge >= 0.3 is 6.18 Å². The van der Waals surface area contributed by atoms with Crippen LogP contribution in [0.3, 0.4) is 0 Å². The molecule has 1 aliphatic rings. The first-order valence-corrected chi connectivity index (χ1v) is 9.44. The minimum atomic E-state index is -4.57. The van der Waals surface area contributed by atoms with Gasteiger partial charge < -0.3 is 9.64 Å². The van der Waals surface area contributed by atoms with Crippen LogP contribution in [0.5, 0.6) is 5.75 Å². The maximum Gasteiger partial charge on any atom is 0.417 e. The molecule has 2 aromatic rings. The van der Waals surface area contributed by atoms with Crippen molar-refractivity contribution < 1.29 is 17.9 Å². The van der Waals surface area contributed by atoms with Gasteiger partial charge in [-0.3, -0.25) is 4.98 Å². The van der Waals surface area contributed by atoms with Crippen LogP contribution in [0.15, 0.2) is 42.7 Å². The normalized spacial score (nSPS) is 16.7. The molecule has 0 bridgehead atoms. The minimum absolute atomic E-state index is 0.0480. The molecule has 1 aromatic carbocycles. The lowest BCUT2D eigenvalue weighted by Crippen LogP contribution is -2.36. The van der Waals surface area contributed by atoms with E-state index in [9.17, 15) is 13.2 Å². The highest BCUT2D eigenvalue weighted by molar-refractivity contribution is 5.72. The van der Waals surface area contributed by atoms with Crippen molar-refractivity contribution in [2.24, 2.45) is 0 Å². The molecule has 0 radical (unpaired) electrons. The van der Waals surface area contributed by atoms with E-state index in [4.69, 9.17) is 10.00 Å². The zero-order valence-electron chi connectivity index (χ0n) is 16.3. The number of alkyl halides is 3. The number of ether oxygens (including phenoxy) is 1. The van der Waals surface area contributed by atoms with Crippen LogP contribution in [0, 0.1) is 11.3 Å². The van der Waals surface area contributed by atoms with E-state index in [-0.39, 0.29) is 11.6 Å². The fraction of sp³-hybridized carbons (Fsp3) is 0.364. The smallest absolute Gasteiger partial charge is 0.417 e. The average Bonchev–Trinajstić information content (AvgIpc) is 2.73. The molecular weight excluding hydrogens is 379 g/mol. The third-order valence-electron chi connectivity index (χ3n) is 5.24. The molecule has 1 atom stereocenters. The SMILES string of the molecule is CCN(c1ccc(C#N)c(C(F)(F)F)c1)C1CCC=C(c2ccncc2OC)C1. The van der Waals surface area contributed by atoms with Gasteiger partial charge in [-0.05, 0) is 56.0 Å². The van der Waals surface area contributed by atoms with Gasteiger partial charge in [-0.1, -0.05) is 6.08 Å². The van der Waals surface area contributed by atoms with Gasteiger partial charge in [0.15, 0.2) is 0 Å². The third kappa shape index (κ3) is 4.37. The Hall–Kier alpha value is -3.01. The number of rotatable bonds is 5. The molecule has 3 rings (SSSR count). The number of halogens is 3. The van der Waals surface area contributed by atoms with E-state index in [0.717, 1.165) is 30.0 Å². The lowest BCUT2D eigenvalue weighted by molar-refractivity contribution is -0.137. The Kier molecular flexibility index (Phi) is 6.12. The van der Waals surface area contributed by atoms with Crippen LogP contribution in [0.2, 0.25) is 0 Å². The summed E-state index contributed by atoms with van der Waals surface area (Å²) < 4.78 is 45.6. The second-order valence-corrected chi connectivity index (χ2v) is 6.87. The van der Waals surface area contributed by atoms with Gasteiger partial charge in [0, 0.05) is 30.0 Å². The highest BCUT2D eigenvalue weighted by atomic mass is 19.4. The molecule has 0 fully saturated rings. The molecule has 0 N–H and O–H groups in total. The van der Waals surface area contributed by atoms with Gasteiger partial charge in [0.1, 0.15) is 5.75 Å². The van der Waals surface area contributed by atoms with Crippen LogP contribution in [0.1, 0.15) is 42.9 Å². The van der Waals surface area contributed by atoms with Gasteiger partial charge in [-0.25, -0.2) is 0 Å². The zero-order valence-corrected chi connectivity index (χ0v) is 16.3. The van der Waals surface area contributed by atoms with E-state index in [1.807, 2.05) is 17.9 Å². The Morgan fingerprint density at radius 2 is 2.10 bits per heavy atom. The first-order chi connectivity index (χ1) is 13.9. The van der Waals surface area contributed by atoms with Crippen LogP contribution in [-0.4, -0.2) is 24.7 Å². The number of hydrogen-bond acceptors (Lipinski definition) is 4. The van der Waals surface area contributed by atoms with E-state index in [1.165, 1.54) is 6.07 Å². The molecule has 1 aromatic heterocycles.